The van der Waals surface area contributed by atoms with Crippen LogP contribution in [-0.4, -0.2) is 9.78 Å². The molecule has 0 amide bonds. The van der Waals surface area contributed by atoms with Crippen LogP contribution in [0.4, 0.5) is 0 Å². The Morgan fingerprint density at radius 3 is 2.71 bits per heavy atom. The highest BCUT2D eigenvalue weighted by molar-refractivity contribution is 14.1. The SMILES string of the molecule is Clc1ccc(Cl)c(Cn2cc(-c3cccc(I)c3)cn2)c1. The lowest BCUT2D eigenvalue weighted by molar-refractivity contribution is 0.687. The molecule has 0 radical (unpaired) electrons. The number of benzene rings is 2. The van der Waals surface area contributed by atoms with Gasteiger partial charge in [0.05, 0.1) is 12.7 Å². The minimum atomic E-state index is 0.601. The fraction of sp³-hybridized carbons (Fsp3) is 0.0625. The minimum absolute atomic E-state index is 0.601. The van der Waals surface area contributed by atoms with Crippen molar-refractivity contribution in [2.24, 2.45) is 0 Å². The Morgan fingerprint density at radius 1 is 1.05 bits per heavy atom. The number of hydrogen-bond donors (Lipinski definition) is 0. The van der Waals surface area contributed by atoms with Gasteiger partial charge in [0.15, 0.2) is 0 Å². The number of hydrogen-bond acceptors (Lipinski definition) is 1. The first-order valence-corrected chi connectivity index (χ1v) is 8.17. The summed E-state index contributed by atoms with van der Waals surface area (Å²) >= 11 is 14.5. The zero-order chi connectivity index (χ0) is 14.8. The van der Waals surface area contributed by atoms with Crippen LogP contribution in [0.15, 0.2) is 54.9 Å². The molecule has 0 atom stereocenters. The second-order valence-corrected chi connectivity index (χ2v) is 6.76. The van der Waals surface area contributed by atoms with Gasteiger partial charge in [0.1, 0.15) is 0 Å². The van der Waals surface area contributed by atoms with Crippen LogP contribution in [0.3, 0.4) is 0 Å². The van der Waals surface area contributed by atoms with E-state index in [1.165, 1.54) is 3.57 Å². The predicted molar refractivity (Wildman–Crippen MR) is 95.9 cm³/mol. The summed E-state index contributed by atoms with van der Waals surface area (Å²) < 4.78 is 3.07. The first kappa shape index (κ1) is 14.9. The molecule has 0 unspecified atom stereocenters. The van der Waals surface area contributed by atoms with Crippen molar-refractivity contribution >= 4 is 45.8 Å². The number of nitrogens with zero attached hydrogens (tertiary/aromatic N) is 2. The molecule has 0 fully saturated rings. The molecule has 3 aromatic rings. The highest BCUT2D eigenvalue weighted by Crippen LogP contribution is 2.24. The second-order valence-electron chi connectivity index (χ2n) is 4.67. The zero-order valence-electron chi connectivity index (χ0n) is 10.9. The Bertz CT molecular complexity index is 783. The molecular formula is C16H11Cl2IN2. The molecule has 0 aliphatic rings. The first-order chi connectivity index (χ1) is 10.1. The highest BCUT2D eigenvalue weighted by atomic mass is 127. The molecule has 2 nitrogen and oxygen atoms in total. The maximum absolute atomic E-state index is 6.19. The molecule has 0 spiro atoms. The van der Waals surface area contributed by atoms with Crippen LogP contribution in [0.2, 0.25) is 10.0 Å². The van der Waals surface area contributed by atoms with E-state index < -0.39 is 0 Å². The van der Waals surface area contributed by atoms with Crippen LogP contribution < -0.4 is 0 Å². The molecule has 0 saturated heterocycles. The average Bonchev–Trinajstić information content (AvgIpc) is 2.91. The van der Waals surface area contributed by atoms with E-state index in [2.05, 4.69) is 45.9 Å². The number of rotatable bonds is 3. The standard InChI is InChI=1S/C16H11Cl2IN2/c17-14-4-5-16(18)12(6-14)9-21-10-13(8-20-21)11-2-1-3-15(19)7-11/h1-8,10H,9H2. The van der Waals surface area contributed by atoms with Crippen LogP contribution >= 0.6 is 45.8 Å². The average molecular weight is 429 g/mol. The summed E-state index contributed by atoms with van der Waals surface area (Å²) in [5.41, 5.74) is 3.21. The van der Waals surface area contributed by atoms with Crippen molar-refractivity contribution in [1.82, 2.24) is 9.78 Å². The van der Waals surface area contributed by atoms with Crippen LogP contribution in [0.25, 0.3) is 11.1 Å². The normalized spacial score (nSPS) is 10.8. The Balaban J connectivity index is 1.87. The lowest BCUT2D eigenvalue weighted by atomic mass is 10.1. The lowest BCUT2D eigenvalue weighted by Crippen LogP contribution is -2.00. The van der Waals surface area contributed by atoms with Crippen molar-refractivity contribution in [3.8, 4) is 11.1 Å². The molecule has 106 valence electrons. The lowest BCUT2D eigenvalue weighted by Gasteiger charge is -2.05. The monoisotopic (exact) mass is 428 g/mol. The van der Waals surface area contributed by atoms with Gasteiger partial charge in [0.2, 0.25) is 0 Å². The van der Waals surface area contributed by atoms with Gasteiger partial charge < -0.3 is 0 Å². The number of aromatic nitrogens is 2. The zero-order valence-corrected chi connectivity index (χ0v) is 14.6. The molecular weight excluding hydrogens is 418 g/mol. The van der Waals surface area contributed by atoms with Crippen molar-refractivity contribution in [2.45, 2.75) is 6.54 Å². The topological polar surface area (TPSA) is 17.8 Å². The Hall–Kier alpha value is -1.04. The van der Waals surface area contributed by atoms with E-state index in [0.717, 1.165) is 16.7 Å². The van der Waals surface area contributed by atoms with Gasteiger partial charge in [0.25, 0.3) is 0 Å². The molecule has 0 saturated carbocycles. The van der Waals surface area contributed by atoms with E-state index in [4.69, 9.17) is 23.2 Å². The maximum atomic E-state index is 6.19. The molecule has 0 aliphatic heterocycles. The van der Waals surface area contributed by atoms with Gasteiger partial charge in [-0.05, 0) is 64.0 Å². The molecule has 0 N–H and O–H groups in total. The largest absolute Gasteiger partial charge is 0.268 e. The summed E-state index contributed by atoms with van der Waals surface area (Å²) in [5, 5.41) is 5.78. The first-order valence-electron chi connectivity index (χ1n) is 6.34. The van der Waals surface area contributed by atoms with E-state index in [-0.39, 0.29) is 0 Å². The Morgan fingerprint density at radius 2 is 1.90 bits per heavy atom. The third kappa shape index (κ3) is 3.59. The molecule has 21 heavy (non-hydrogen) atoms. The summed E-state index contributed by atoms with van der Waals surface area (Å²) in [6.07, 6.45) is 3.88. The molecule has 0 aliphatic carbocycles. The summed E-state index contributed by atoms with van der Waals surface area (Å²) in [5.74, 6) is 0. The van der Waals surface area contributed by atoms with Gasteiger partial charge in [-0.2, -0.15) is 5.10 Å². The molecule has 2 aromatic carbocycles. The van der Waals surface area contributed by atoms with Crippen molar-refractivity contribution < 1.29 is 0 Å². The summed E-state index contributed by atoms with van der Waals surface area (Å²) in [6.45, 7) is 0.601. The Labute approximate surface area is 146 Å². The third-order valence-corrected chi connectivity index (χ3v) is 4.41. The predicted octanol–water partition coefficient (Wildman–Crippen LogP) is 5.51. The van der Waals surface area contributed by atoms with Gasteiger partial charge in [-0.15, -0.1) is 0 Å². The van der Waals surface area contributed by atoms with Crippen molar-refractivity contribution in [2.75, 3.05) is 0 Å². The van der Waals surface area contributed by atoms with E-state index in [1.807, 2.05) is 35.3 Å². The maximum Gasteiger partial charge on any atom is 0.0674 e. The van der Waals surface area contributed by atoms with E-state index >= 15 is 0 Å². The second kappa shape index (κ2) is 6.38. The summed E-state index contributed by atoms with van der Waals surface area (Å²) in [7, 11) is 0. The summed E-state index contributed by atoms with van der Waals surface area (Å²) in [6, 6.07) is 13.8. The number of halogens is 3. The third-order valence-electron chi connectivity index (χ3n) is 3.13. The van der Waals surface area contributed by atoms with Crippen LogP contribution in [0, 0.1) is 3.57 Å². The Kier molecular flexibility index (Phi) is 4.52. The molecule has 0 bridgehead atoms. The van der Waals surface area contributed by atoms with E-state index in [1.54, 1.807) is 6.07 Å². The molecule has 1 aromatic heterocycles. The van der Waals surface area contributed by atoms with Gasteiger partial charge in [-0.3, -0.25) is 4.68 Å². The summed E-state index contributed by atoms with van der Waals surface area (Å²) in [4.78, 5) is 0. The van der Waals surface area contributed by atoms with Crippen molar-refractivity contribution in [3.05, 3.63) is 74.0 Å². The smallest absolute Gasteiger partial charge is 0.0674 e. The fourth-order valence-corrected chi connectivity index (χ4v) is 3.02. The van der Waals surface area contributed by atoms with Gasteiger partial charge in [-0.25, -0.2) is 0 Å². The van der Waals surface area contributed by atoms with Gasteiger partial charge in [-0.1, -0.05) is 35.3 Å². The van der Waals surface area contributed by atoms with E-state index in [9.17, 15) is 0 Å². The van der Waals surface area contributed by atoms with Crippen LogP contribution in [0.5, 0.6) is 0 Å². The molecule has 5 heteroatoms. The van der Waals surface area contributed by atoms with Gasteiger partial charge >= 0.3 is 0 Å². The van der Waals surface area contributed by atoms with Gasteiger partial charge in [0, 0.05) is 25.4 Å². The quantitative estimate of drug-likeness (QED) is 0.503. The van der Waals surface area contributed by atoms with Crippen molar-refractivity contribution in [1.29, 1.82) is 0 Å². The van der Waals surface area contributed by atoms with E-state index in [0.29, 0.717) is 16.6 Å². The highest BCUT2D eigenvalue weighted by Gasteiger charge is 2.06. The van der Waals surface area contributed by atoms with Crippen LogP contribution in [-0.2, 0) is 6.54 Å². The molecule has 1 heterocycles. The minimum Gasteiger partial charge on any atom is -0.268 e. The van der Waals surface area contributed by atoms with Crippen molar-refractivity contribution in [3.63, 3.8) is 0 Å². The fourth-order valence-electron chi connectivity index (χ4n) is 2.11. The molecule has 3 rings (SSSR count). The van der Waals surface area contributed by atoms with Crippen LogP contribution in [0.1, 0.15) is 5.56 Å².